The van der Waals surface area contributed by atoms with Gasteiger partial charge in [0.25, 0.3) is 0 Å². The van der Waals surface area contributed by atoms with Crippen molar-refractivity contribution in [2.45, 2.75) is 32.2 Å². The number of benzene rings is 1. The van der Waals surface area contributed by atoms with Gasteiger partial charge in [0.05, 0.1) is 28.7 Å². The first kappa shape index (κ1) is 15.8. The molecule has 2 aromatic rings. The highest BCUT2D eigenvalue weighted by Gasteiger charge is 2.31. The topological polar surface area (TPSA) is 50.1 Å². The van der Waals surface area contributed by atoms with Crippen LogP contribution in [0.5, 0.6) is 0 Å². The fraction of sp³-hybridized carbons (Fsp3) is 0.500. The quantitative estimate of drug-likeness (QED) is 0.912. The number of nitrogens with zero attached hydrogens (tertiary/aromatic N) is 2. The Morgan fingerprint density at radius 1 is 1.33 bits per heavy atom. The molecule has 1 heterocycles. The van der Waals surface area contributed by atoms with Gasteiger partial charge in [0.1, 0.15) is 5.82 Å². The Hall–Kier alpha value is -1.60. The molecule has 0 amide bonds. The third-order valence-electron chi connectivity index (χ3n) is 3.35. The van der Waals surface area contributed by atoms with Crippen molar-refractivity contribution in [3.63, 3.8) is 0 Å². The van der Waals surface area contributed by atoms with Crippen LogP contribution in [0, 0.1) is 0 Å². The molecule has 0 bridgehead atoms. The maximum absolute atomic E-state index is 12.7. The second kappa shape index (κ2) is 5.65. The first-order valence-electron chi connectivity index (χ1n) is 6.65. The number of halogens is 3. The van der Waals surface area contributed by atoms with E-state index in [1.165, 1.54) is 6.07 Å². The predicted octanol–water partition coefficient (Wildman–Crippen LogP) is 2.62. The van der Waals surface area contributed by atoms with Crippen molar-refractivity contribution in [1.82, 2.24) is 14.9 Å². The lowest BCUT2D eigenvalue weighted by atomic mass is 10.2. The highest BCUT2D eigenvalue weighted by Crippen LogP contribution is 2.31. The van der Waals surface area contributed by atoms with E-state index in [1.54, 1.807) is 18.5 Å². The number of fused-ring (bicyclic) bond motifs is 1. The number of imidazole rings is 1. The maximum Gasteiger partial charge on any atom is 0.416 e. The molecular weight excluding hydrogens is 283 g/mol. The zero-order chi connectivity index (χ0) is 15.8. The second-order valence-corrected chi connectivity index (χ2v) is 5.21. The van der Waals surface area contributed by atoms with E-state index in [1.807, 2.05) is 6.92 Å². The number of hydrogen-bond acceptors (Lipinski definition) is 3. The highest BCUT2D eigenvalue weighted by molar-refractivity contribution is 5.77. The number of rotatable bonds is 4. The summed E-state index contributed by atoms with van der Waals surface area (Å²) in [4.78, 5) is 4.28. The molecule has 0 spiro atoms. The molecule has 0 aliphatic heterocycles. The van der Waals surface area contributed by atoms with Crippen molar-refractivity contribution in [2.24, 2.45) is 7.05 Å². The zero-order valence-electron chi connectivity index (χ0n) is 12.1. The number of hydrogen-bond donors (Lipinski definition) is 2. The van der Waals surface area contributed by atoms with E-state index in [-0.39, 0.29) is 6.04 Å². The van der Waals surface area contributed by atoms with Gasteiger partial charge >= 0.3 is 6.18 Å². The van der Waals surface area contributed by atoms with Crippen LogP contribution in [0.1, 0.15) is 31.3 Å². The molecule has 2 rings (SSSR count). The van der Waals surface area contributed by atoms with Crippen LogP contribution in [0.25, 0.3) is 11.0 Å². The normalized spacial score (nSPS) is 15.4. The standard InChI is InChI=1S/C14H18F3N3O/c1-8(21)7-18-9(2)13-19-11-6-10(14(15,16)17)4-5-12(11)20(13)3/h4-6,8-9,18,21H,7H2,1-3H3. The van der Waals surface area contributed by atoms with Gasteiger partial charge in [0.15, 0.2) is 0 Å². The van der Waals surface area contributed by atoms with Crippen LogP contribution in [0.15, 0.2) is 18.2 Å². The average Bonchev–Trinajstić information content (AvgIpc) is 2.72. The second-order valence-electron chi connectivity index (χ2n) is 5.21. The van der Waals surface area contributed by atoms with Crippen LogP contribution in [-0.2, 0) is 13.2 Å². The molecule has 1 aromatic heterocycles. The molecule has 2 N–H and O–H groups in total. The molecule has 2 atom stereocenters. The van der Waals surface area contributed by atoms with Crippen LogP contribution in [-0.4, -0.2) is 27.3 Å². The van der Waals surface area contributed by atoms with Gasteiger partial charge in [-0.2, -0.15) is 13.2 Å². The molecule has 0 saturated heterocycles. The lowest BCUT2D eigenvalue weighted by Crippen LogP contribution is -2.28. The van der Waals surface area contributed by atoms with Gasteiger partial charge in [0.2, 0.25) is 0 Å². The van der Waals surface area contributed by atoms with Crippen molar-refractivity contribution < 1.29 is 18.3 Å². The Morgan fingerprint density at radius 3 is 2.57 bits per heavy atom. The molecule has 7 heteroatoms. The molecule has 0 aliphatic carbocycles. The summed E-state index contributed by atoms with van der Waals surface area (Å²) in [5, 5.41) is 12.4. The minimum Gasteiger partial charge on any atom is -0.392 e. The fourth-order valence-electron chi connectivity index (χ4n) is 2.22. The van der Waals surface area contributed by atoms with Crippen molar-refractivity contribution in [1.29, 1.82) is 0 Å². The Bertz CT molecular complexity index is 634. The van der Waals surface area contributed by atoms with Crippen molar-refractivity contribution in [3.05, 3.63) is 29.6 Å². The summed E-state index contributed by atoms with van der Waals surface area (Å²) in [6, 6.07) is 3.36. The summed E-state index contributed by atoms with van der Waals surface area (Å²) in [6.07, 6.45) is -4.87. The molecule has 4 nitrogen and oxygen atoms in total. The molecule has 2 unspecified atom stereocenters. The lowest BCUT2D eigenvalue weighted by molar-refractivity contribution is -0.137. The van der Waals surface area contributed by atoms with E-state index in [0.717, 1.165) is 12.1 Å². The summed E-state index contributed by atoms with van der Waals surface area (Å²) in [7, 11) is 1.76. The van der Waals surface area contributed by atoms with Crippen LogP contribution < -0.4 is 5.32 Å². The maximum atomic E-state index is 12.7. The number of aliphatic hydroxyl groups excluding tert-OH is 1. The van der Waals surface area contributed by atoms with Crippen LogP contribution in [0.3, 0.4) is 0 Å². The van der Waals surface area contributed by atoms with Crippen molar-refractivity contribution in [2.75, 3.05) is 6.54 Å². The van der Waals surface area contributed by atoms with Gasteiger partial charge < -0.3 is 15.0 Å². The minimum atomic E-state index is -4.37. The summed E-state index contributed by atoms with van der Waals surface area (Å²) >= 11 is 0. The van der Waals surface area contributed by atoms with Gasteiger partial charge in [-0.15, -0.1) is 0 Å². The van der Waals surface area contributed by atoms with E-state index in [9.17, 15) is 18.3 Å². The molecule has 1 aromatic carbocycles. The number of aromatic nitrogens is 2. The number of alkyl halides is 3. The third-order valence-corrected chi connectivity index (χ3v) is 3.35. The van der Waals surface area contributed by atoms with E-state index in [4.69, 9.17) is 0 Å². The number of aliphatic hydroxyl groups is 1. The van der Waals surface area contributed by atoms with Crippen LogP contribution in [0.4, 0.5) is 13.2 Å². The third kappa shape index (κ3) is 3.36. The van der Waals surface area contributed by atoms with E-state index in [0.29, 0.717) is 23.4 Å². The van der Waals surface area contributed by atoms with Crippen LogP contribution in [0.2, 0.25) is 0 Å². The predicted molar refractivity (Wildman–Crippen MR) is 73.8 cm³/mol. The SMILES string of the molecule is CC(O)CNC(C)c1nc2cc(C(F)(F)F)ccc2n1C. The molecular formula is C14H18F3N3O. The molecule has 116 valence electrons. The molecule has 0 fully saturated rings. The highest BCUT2D eigenvalue weighted by atomic mass is 19.4. The summed E-state index contributed by atoms with van der Waals surface area (Å²) in [6.45, 7) is 3.90. The number of nitrogens with one attached hydrogen (secondary N) is 1. The summed E-state index contributed by atoms with van der Waals surface area (Å²) in [5.74, 6) is 0.630. The Balaban J connectivity index is 2.36. The first-order chi connectivity index (χ1) is 9.70. The Labute approximate surface area is 120 Å². The molecule has 21 heavy (non-hydrogen) atoms. The average molecular weight is 301 g/mol. The lowest BCUT2D eigenvalue weighted by Gasteiger charge is -2.14. The largest absolute Gasteiger partial charge is 0.416 e. The smallest absolute Gasteiger partial charge is 0.392 e. The first-order valence-corrected chi connectivity index (χ1v) is 6.65. The van der Waals surface area contributed by atoms with Crippen molar-refractivity contribution >= 4 is 11.0 Å². The fourth-order valence-corrected chi connectivity index (χ4v) is 2.22. The van der Waals surface area contributed by atoms with E-state index >= 15 is 0 Å². The van der Waals surface area contributed by atoms with Crippen LogP contribution >= 0.6 is 0 Å². The molecule has 0 saturated carbocycles. The van der Waals surface area contributed by atoms with E-state index in [2.05, 4.69) is 10.3 Å². The van der Waals surface area contributed by atoms with Gasteiger partial charge in [-0.3, -0.25) is 0 Å². The van der Waals surface area contributed by atoms with Gasteiger partial charge in [-0.25, -0.2) is 4.98 Å². The Kier molecular flexibility index (Phi) is 4.25. The minimum absolute atomic E-state index is 0.175. The zero-order valence-corrected chi connectivity index (χ0v) is 12.1. The monoisotopic (exact) mass is 301 g/mol. The summed E-state index contributed by atoms with van der Waals surface area (Å²) < 4.78 is 39.9. The Morgan fingerprint density at radius 2 is 2.00 bits per heavy atom. The van der Waals surface area contributed by atoms with Gasteiger partial charge in [-0.05, 0) is 32.0 Å². The summed E-state index contributed by atoms with van der Waals surface area (Å²) in [5.41, 5.74) is 0.251. The molecule has 0 aliphatic rings. The molecule has 0 radical (unpaired) electrons. The van der Waals surface area contributed by atoms with Gasteiger partial charge in [0, 0.05) is 13.6 Å². The number of aryl methyl sites for hydroxylation is 1. The van der Waals surface area contributed by atoms with Crippen molar-refractivity contribution in [3.8, 4) is 0 Å². The van der Waals surface area contributed by atoms with Gasteiger partial charge in [-0.1, -0.05) is 0 Å². The van der Waals surface area contributed by atoms with E-state index < -0.39 is 17.8 Å².